The van der Waals surface area contributed by atoms with Gasteiger partial charge in [0.05, 0.1) is 4.92 Å². The van der Waals surface area contributed by atoms with Crippen molar-refractivity contribution in [3.8, 4) is 0 Å². The Bertz CT molecular complexity index is 421. The molecule has 0 saturated carbocycles. The van der Waals surface area contributed by atoms with E-state index in [2.05, 4.69) is 0 Å². The fraction of sp³-hybridized carbons (Fsp3) is 0.300. The van der Waals surface area contributed by atoms with Gasteiger partial charge in [0.2, 0.25) is 0 Å². The molecule has 0 spiro atoms. The average molecular weight is 244 g/mol. The number of nitro groups is 1. The maximum Gasteiger partial charge on any atom is 0.322 e. The van der Waals surface area contributed by atoms with Gasteiger partial charge in [-0.1, -0.05) is 19.1 Å². The number of hydrogen-bond donors (Lipinski definition) is 1. The van der Waals surface area contributed by atoms with Gasteiger partial charge in [-0.15, -0.1) is 11.6 Å². The third-order valence-corrected chi connectivity index (χ3v) is 2.85. The summed E-state index contributed by atoms with van der Waals surface area (Å²) < 4.78 is 0. The van der Waals surface area contributed by atoms with E-state index in [-0.39, 0.29) is 5.69 Å². The molecule has 0 aliphatic rings. The number of alkyl halides is 1. The number of carboxylic acids is 1. The van der Waals surface area contributed by atoms with E-state index >= 15 is 0 Å². The average Bonchev–Trinajstić information content (AvgIpc) is 2.27. The van der Waals surface area contributed by atoms with Crippen LogP contribution < -0.4 is 0 Å². The molecule has 0 amide bonds. The monoisotopic (exact) mass is 243 g/mol. The van der Waals surface area contributed by atoms with E-state index in [9.17, 15) is 14.9 Å². The minimum atomic E-state index is -1.14. The Labute approximate surface area is 96.8 Å². The first kappa shape index (κ1) is 12.4. The number of hydrogen-bond acceptors (Lipinski definition) is 3. The summed E-state index contributed by atoms with van der Waals surface area (Å²) in [6.45, 7) is 1.62. The smallest absolute Gasteiger partial charge is 0.322 e. The van der Waals surface area contributed by atoms with Crippen LogP contribution in [0, 0.1) is 10.1 Å². The summed E-state index contributed by atoms with van der Waals surface area (Å²) in [4.78, 5) is 20.7. The van der Waals surface area contributed by atoms with Crippen molar-refractivity contribution in [3.05, 3.63) is 39.9 Å². The summed E-state index contributed by atoms with van der Waals surface area (Å²) in [5.41, 5.74) is 0.468. The Hall–Kier alpha value is -1.62. The number of non-ortho nitro benzene ring substituents is 1. The Morgan fingerprint density at radius 3 is 2.69 bits per heavy atom. The van der Waals surface area contributed by atoms with E-state index < -0.39 is 22.2 Å². The zero-order valence-electron chi connectivity index (χ0n) is 8.46. The van der Waals surface area contributed by atoms with Gasteiger partial charge in [0, 0.05) is 18.1 Å². The van der Waals surface area contributed by atoms with Gasteiger partial charge >= 0.3 is 5.97 Å². The number of halogens is 1. The van der Waals surface area contributed by atoms with Gasteiger partial charge in [-0.2, -0.15) is 0 Å². The van der Waals surface area contributed by atoms with E-state index in [1.54, 1.807) is 13.0 Å². The lowest BCUT2D eigenvalue weighted by Crippen LogP contribution is -2.20. The van der Waals surface area contributed by atoms with Gasteiger partial charge in [0.15, 0.2) is 0 Å². The van der Waals surface area contributed by atoms with Crippen molar-refractivity contribution in [2.45, 2.75) is 18.2 Å². The molecule has 0 bridgehead atoms. The van der Waals surface area contributed by atoms with Crippen molar-refractivity contribution >= 4 is 23.3 Å². The first-order chi connectivity index (χ1) is 7.43. The van der Waals surface area contributed by atoms with Gasteiger partial charge in [-0.3, -0.25) is 14.9 Å². The molecular weight excluding hydrogens is 234 g/mol. The molecule has 0 saturated heterocycles. The molecule has 1 aromatic carbocycles. The van der Waals surface area contributed by atoms with Crippen molar-refractivity contribution in [2.75, 3.05) is 0 Å². The molecule has 1 N–H and O–H groups in total. The number of aliphatic carboxylic acids is 1. The highest BCUT2D eigenvalue weighted by Gasteiger charge is 2.24. The van der Waals surface area contributed by atoms with Gasteiger partial charge < -0.3 is 5.11 Å². The predicted molar refractivity (Wildman–Crippen MR) is 58.8 cm³/mol. The molecule has 0 fully saturated rings. The summed E-state index contributed by atoms with van der Waals surface area (Å²) >= 11 is 5.66. The summed E-state index contributed by atoms with van der Waals surface area (Å²) in [5, 5.41) is 18.2. The fourth-order valence-corrected chi connectivity index (χ4v) is 1.45. The molecule has 1 rings (SSSR count). The molecule has 1 aromatic rings. The summed E-state index contributed by atoms with van der Waals surface area (Å²) in [6.07, 6.45) is 0. The number of carboxylic acid groups (broad SMARTS) is 1. The molecule has 0 unspecified atom stereocenters. The fourth-order valence-electron chi connectivity index (χ4n) is 1.30. The molecule has 0 heterocycles. The molecule has 86 valence electrons. The lowest BCUT2D eigenvalue weighted by molar-refractivity contribution is -0.384. The molecule has 0 radical (unpaired) electrons. The van der Waals surface area contributed by atoms with Gasteiger partial charge in [0.1, 0.15) is 5.38 Å². The topological polar surface area (TPSA) is 80.4 Å². The second-order valence-electron chi connectivity index (χ2n) is 3.38. The van der Waals surface area contributed by atoms with Crippen LogP contribution in [-0.4, -0.2) is 21.4 Å². The largest absolute Gasteiger partial charge is 0.480 e. The summed E-state index contributed by atoms with van der Waals surface area (Å²) in [6, 6.07) is 5.81. The first-order valence-electron chi connectivity index (χ1n) is 4.54. The Morgan fingerprint density at radius 2 is 2.19 bits per heavy atom. The number of nitro benzene ring substituents is 1. The van der Waals surface area contributed by atoms with Crippen molar-refractivity contribution in [2.24, 2.45) is 0 Å². The van der Waals surface area contributed by atoms with E-state index in [1.165, 1.54) is 18.2 Å². The first-order valence-corrected chi connectivity index (χ1v) is 4.98. The molecule has 0 aliphatic heterocycles. The molecule has 16 heavy (non-hydrogen) atoms. The quantitative estimate of drug-likeness (QED) is 0.500. The molecule has 6 heteroatoms. The van der Waals surface area contributed by atoms with Crippen molar-refractivity contribution in [1.29, 1.82) is 0 Å². The van der Waals surface area contributed by atoms with E-state index in [1.807, 2.05) is 0 Å². The third kappa shape index (κ3) is 2.70. The SMILES string of the molecule is C[C@@H](c1cccc([N+](=O)[O-])c1)[C@@H](Cl)C(=O)O. The molecule has 2 atom stereocenters. The summed E-state index contributed by atoms with van der Waals surface area (Å²) in [5.74, 6) is -1.63. The van der Waals surface area contributed by atoms with Crippen molar-refractivity contribution in [3.63, 3.8) is 0 Å². The van der Waals surface area contributed by atoms with Crippen LogP contribution in [-0.2, 0) is 4.79 Å². The number of nitrogens with zero attached hydrogens (tertiary/aromatic N) is 1. The Morgan fingerprint density at radius 1 is 1.56 bits per heavy atom. The van der Waals surface area contributed by atoms with Crippen LogP contribution in [0.5, 0.6) is 0 Å². The van der Waals surface area contributed by atoms with Crippen LogP contribution >= 0.6 is 11.6 Å². The third-order valence-electron chi connectivity index (χ3n) is 2.28. The Kier molecular flexibility index (Phi) is 3.84. The second-order valence-corrected chi connectivity index (χ2v) is 3.85. The molecule has 5 nitrogen and oxygen atoms in total. The van der Waals surface area contributed by atoms with Crippen LogP contribution in [0.4, 0.5) is 5.69 Å². The lowest BCUT2D eigenvalue weighted by Gasteiger charge is -2.14. The highest BCUT2D eigenvalue weighted by molar-refractivity contribution is 6.30. The van der Waals surface area contributed by atoms with Crippen molar-refractivity contribution in [1.82, 2.24) is 0 Å². The van der Waals surface area contributed by atoms with Gasteiger partial charge in [-0.25, -0.2) is 0 Å². The van der Waals surface area contributed by atoms with Gasteiger partial charge in [0.25, 0.3) is 5.69 Å². The van der Waals surface area contributed by atoms with Crippen LogP contribution in [0.1, 0.15) is 18.4 Å². The van der Waals surface area contributed by atoms with E-state index in [0.29, 0.717) is 5.56 Å². The maximum absolute atomic E-state index is 10.7. The highest BCUT2D eigenvalue weighted by atomic mass is 35.5. The van der Waals surface area contributed by atoms with Crippen molar-refractivity contribution < 1.29 is 14.8 Å². The Balaban J connectivity index is 3.00. The normalized spacial score (nSPS) is 14.1. The van der Waals surface area contributed by atoms with Crippen LogP contribution in [0.15, 0.2) is 24.3 Å². The lowest BCUT2D eigenvalue weighted by atomic mass is 9.97. The molecule has 0 aromatic heterocycles. The van der Waals surface area contributed by atoms with Gasteiger partial charge in [-0.05, 0) is 5.56 Å². The zero-order valence-corrected chi connectivity index (χ0v) is 9.22. The number of carbonyl (C=O) groups is 1. The highest BCUT2D eigenvalue weighted by Crippen LogP contribution is 2.26. The van der Waals surface area contributed by atoms with Crippen LogP contribution in [0.25, 0.3) is 0 Å². The maximum atomic E-state index is 10.7. The van der Waals surface area contributed by atoms with Crippen LogP contribution in [0.3, 0.4) is 0 Å². The predicted octanol–water partition coefficient (Wildman–Crippen LogP) is 2.39. The molecule has 0 aliphatic carbocycles. The standard InChI is InChI=1S/C10H10ClNO4/c1-6(9(11)10(13)14)7-3-2-4-8(5-7)12(15)16/h2-6,9H,1H3,(H,13,14)/t6-,9+/m0/s1. The number of rotatable bonds is 4. The van der Waals surface area contributed by atoms with Crippen LogP contribution in [0.2, 0.25) is 0 Å². The second kappa shape index (κ2) is 4.94. The minimum Gasteiger partial charge on any atom is -0.480 e. The summed E-state index contributed by atoms with van der Waals surface area (Å²) in [7, 11) is 0. The van der Waals surface area contributed by atoms with E-state index in [4.69, 9.17) is 16.7 Å². The van der Waals surface area contributed by atoms with E-state index in [0.717, 1.165) is 0 Å². The number of benzene rings is 1. The zero-order chi connectivity index (χ0) is 12.3. The minimum absolute atomic E-state index is 0.0707. The molecular formula is C10H10ClNO4.